The molecule has 2 N–H and O–H groups in total. The quantitative estimate of drug-likeness (QED) is 0.775. The van der Waals surface area contributed by atoms with Crippen molar-refractivity contribution in [3.8, 4) is 0 Å². The van der Waals surface area contributed by atoms with E-state index in [9.17, 15) is 4.79 Å². The van der Waals surface area contributed by atoms with Crippen molar-refractivity contribution >= 4 is 33.4 Å². The summed E-state index contributed by atoms with van der Waals surface area (Å²) in [5.74, 6) is 0.271. The van der Waals surface area contributed by atoms with Crippen LogP contribution in [0.5, 0.6) is 0 Å². The van der Waals surface area contributed by atoms with Crippen molar-refractivity contribution in [3.05, 3.63) is 46.2 Å². The van der Waals surface area contributed by atoms with Crippen LogP contribution >= 0.6 is 11.3 Å². The lowest BCUT2D eigenvalue weighted by atomic mass is 10.1. The van der Waals surface area contributed by atoms with Gasteiger partial charge in [-0.05, 0) is 36.6 Å². The molecule has 0 saturated carbocycles. The highest BCUT2D eigenvalue weighted by Crippen LogP contribution is 2.25. The van der Waals surface area contributed by atoms with Crippen LogP contribution in [0.15, 0.2) is 24.4 Å². The molecule has 0 fully saturated rings. The second kappa shape index (κ2) is 5.83. The summed E-state index contributed by atoms with van der Waals surface area (Å²) in [5, 5.41) is 1.09. The zero-order valence-corrected chi connectivity index (χ0v) is 14.1. The van der Waals surface area contributed by atoms with Gasteiger partial charge in [0, 0.05) is 18.3 Å². The van der Waals surface area contributed by atoms with Gasteiger partial charge in [-0.3, -0.25) is 4.79 Å². The summed E-state index contributed by atoms with van der Waals surface area (Å²) in [7, 11) is 0. The fraction of sp³-hybridized carbons (Fsp3) is 0.294. The van der Waals surface area contributed by atoms with E-state index in [0.29, 0.717) is 18.7 Å². The first-order chi connectivity index (χ1) is 11.6. The van der Waals surface area contributed by atoms with Crippen LogP contribution in [-0.4, -0.2) is 32.3 Å². The van der Waals surface area contributed by atoms with Gasteiger partial charge >= 0.3 is 0 Å². The van der Waals surface area contributed by atoms with E-state index in [4.69, 9.17) is 5.73 Å². The summed E-state index contributed by atoms with van der Waals surface area (Å²) in [6.45, 7) is 3.23. The molecule has 24 heavy (non-hydrogen) atoms. The van der Waals surface area contributed by atoms with Crippen molar-refractivity contribution in [2.45, 2.75) is 26.3 Å². The largest absolute Gasteiger partial charge is 0.368 e. The van der Waals surface area contributed by atoms with Gasteiger partial charge in [-0.1, -0.05) is 6.92 Å². The Hall–Kier alpha value is -2.54. The molecule has 3 heterocycles. The highest BCUT2D eigenvalue weighted by Gasteiger charge is 2.23. The number of nitrogens with zero attached hydrogens (tertiary/aromatic N) is 4. The normalized spacial score (nSPS) is 14.0. The second-order valence-electron chi connectivity index (χ2n) is 5.82. The maximum atomic E-state index is 12.8. The predicted molar refractivity (Wildman–Crippen MR) is 93.9 cm³/mol. The van der Waals surface area contributed by atoms with Crippen molar-refractivity contribution in [2.75, 3.05) is 12.3 Å². The van der Waals surface area contributed by atoms with Crippen molar-refractivity contribution in [1.82, 2.24) is 19.9 Å². The number of nitrogens with two attached hydrogens (primary N) is 1. The molecule has 1 aromatic carbocycles. The second-order valence-corrected chi connectivity index (χ2v) is 6.94. The number of aryl methyl sites for hydroxylation is 1. The van der Waals surface area contributed by atoms with Crippen LogP contribution in [0, 0.1) is 0 Å². The molecule has 2 aromatic heterocycles. The molecule has 0 radical (unpaired) electrons. The zero-order valence-electron chi connectivity index (χ0n) is 13.3. The molecule has 7 heteroatoms. The first-order valence-corrected chi connectivity index (χ1v) is 8.74. The van der Waals surface area contributed by atoms with Gasteiger partial charge < -0.3 is 10.6 Å². The van der Waals surface area contributed by atoms with Crippen molar-refractivity contribution in [2.24, 2.45) is 0 Å². The zero-order chi connectivity index (χ0) is 16.7. The molecule has 6 nitrogen and oxygen atoms in total. The SMILES string of the molecule is CCc1nc2ccc(C(=O)N3CCc4cnc(N)nc4C3)cc2s1. The summed E-state index contributed by atoms with van der Waals surface area (Å²) in [4.78, 5) is 27.5. The van der Waals surface area contributed by atoms with Crippen LogP contribution in [0.3, 0.4) is 0 Å². The van der Waals surface area contributed by atoms with Crippen molar-refractivity contribution in [1.29, 1.82) is 0 Å². The maximum Gasteiger partial charge on any atom is 0.254 e. The number of fused-ring (bicyclic) bond motifs is 2. The lowest BCUT2D eigenvalue weighted by Gasteiger charge is -2.28. The van der Waals surface area contributed by atoms with Crippen LogP contribution in [0.2, 0.25) is 0 Å². The molecular weight excluding hydrogens is 322 g/mol. The number of nitrogen functional groups attached to an aromatic ring is 1. The van der Waals surface area contributed by atoms with Crippen LogP contribution in [-0.2, 0) is 19.4 Å². The average molecular weight is 339 g/mol. The molecule has 0 spiro atoms. The van der Waals surface area contributed by atoms with Crippen molar-refractivity contribution < 1.29 is 4.79 Å². The lowest BCUT2D eigenvalue weighted by molar-refractivity contribution is 0.0732. The Bertz CT molecular complexity index is 936. The molecule has 1 amide bonds. The summed E-state index contributed by atoms with van der Waals surface area (Å²) < 4.78 is 1.06. The molecule has 1 aliphatic rings. The monoisotopic (exact) mass is 339 g/mol. The Balaban J connectivity index is 1.62. The fourth-order valence-electron chi connectivity index (χ4n) is 2.93. The number of aromatic nitrogens is 3. The third-order valence-corrected chi connectivity index (χ3v) is 5.40. The van der Waals surface area contributed by atoms with Gasteiger partial charge in [0.05, 0.1) is 27.5 Å². The Kier molecular flexibility index (Phi) is 3.65. The van der Waals surface area contributed by atoms with Crippen LogP contribution in [0.4, 0.5) is 5.95 Å². The van der Waals surface area contributed by atoms with Crippen molar-refractivity contribution in [3.63, 3.8) is 0 Å². The van der Waals surface area contributed by atoms with Crippen LogP contribution in [0.25, 0.3) is 10.2 Å². The third-order valence-electron chi connectivity index (χ3n) is 4.23. The molecule has 0 aliphatic carbocycles. The van der Waals surface area contributed by atoms with Crippen LogP contribution < -0.4 is 5.73 Å². The number of hydrogen-bond acceptors (Lipinski definition) is 6. The van der Waals surface area contributed by atoms with E-state index in [1.807, 2.05) is 23.1 Å². The number of benzene rings is 1. The first kappa shape index (κ1) is 15.0. The number of rotatable bonds is 2. The minimum absolute atomic E-state index is 0.0196. The topological polar surface area (TPSA) is 85.0 Å². The predicted octanol–water partition coefficient (Wildman–Crippen LogP) is 2.43. The maximum absolute atomic E-state index is 12.8. The molecule has 122 valence electrons. The van der Waals surface area contributed by atoms with Gasteiger partial charge in [-0.15, -0.1) is 11.3 Å². The van der Waals surface area contributed by atoms with Gasteiger partial charge in [-0.2, -0.15) is 0 Å². The van der Waals surface area contributed by atoms with Gasteiger partial charge in [0.1, 0.15) is 0 Å². The number of anilines is 1. The van der Waals surface area contributed by atoms with E-state index in [-0.39, 0.29) is 11.9 Å². The molecule has 0 saturated heterocycles. The highest BCUT2D eigenvalue weighted by atomic mass is 32.1. The van der Waals surface area contributed by atoms with Crippen LogP contribution in [0.1, 0.15) is 33.5 Å². The van der Waals surface area contributed by atoms with E-state index in [0.717, 1.165) is 39.3 Å². The fourth-order valence-corrected chi connectivity index (χ4v) is 3.88. The summed E-state index contributed by atoms with van der Waals surface area (Å²) >= 11 is 1.65. The lowest BCUT2D eigenvalue weighted by Crippen LogP contribution is -2.36. The molecule has 0 atom stereocenters. The molecule has 4 rings (SSSR count). The first-order valence-electron chi connectivity index (χ1n) is 7.93. The molecule has 3 aromatic rings. The Morgan fingerprint density at radius 2 is 2.25 bits per heavy atom. The summed E-state index contributed by atoms with van der Waals surface area (Å²) in [6, 6.07) is 5.72. The van der Waals surface area contributed by atoms with E-state index in [1.54, 1.807) is 17.5 Å². The number of amides is 1. The number of hydrogen-bond donors (Lipinski definition) is 1. The average Bonchev–Trinajstić information content (AvgIpc) is 3.02. The van der Waals surface area contributed by atoms with E-state index < -0.39 is 0 Å². The minimum Gasteiger partial charge on any atom is -0.368 e. The molecule has 0 unspecified atom stereocenters. The third kappa shape index (κ3) is 2.60. The number of carbonyl (C=O) groups excluding carboxylic acids is 1. The van der Waals surface area contributed by atoms with Gasteiger partial charge in [0.15, 0.2) is 0 Å². The van der Waals surface area contributed by atoms with Gasteiger partial charge in [0.25, 0.3) is 5.91 Å². The summed E-state index contributed by atoms with van der Waals surface area (Å²) in [6.07, 6.45) is 3.42. The van der Waals surface area contributed by atoms with Gasteiger partial charge in [0.2, 0.25) is 5.95 Å². The smallest absolute Gasteiger partial charge is 0.254 e. The van der Waals surface area contributed by atoms with E-state index in [1.165, 1.54) is 0 Å². The summed E-state index contributed by atoms with van der Waals surface area (Å²) in [5.41, 5.74) is 9.22. The number of thiazole rings is 1. The van der Waals surface area contributed by atoms with Gasteiger partial charge in [-0.25, -0.2) is 15.0 Å². The molecule has 0 bridgehead atoms. The number of carbonyl (C=O) groups is 1. The van der Waals surface area contributed by atoms with E-state index >= 15 is 0 Å². The highest BCUT2D eigenvalue weighted by molar-refractivity contribution is 7.18. The minimum atomic E-state index is 0.0196. The molecular formula is C17H17N5OS. The Morgan fingerprint density at radius 1 is 1.38 bits per heavy atom. The Morgan fingerprint density at radius 3 is 3.08 bits per heavy atom. The standard InChI is InChI=1S/C17H17N5OS/c1-2-15-20-12-4-3-10(7-14(12)24-15)16(23)22-6-5-11-8-19-17(18)21-13(11)9-22/h3-4,7-8H,2,5-6,9H2,1H3,(H2,18,19,21). The van der Waals surface area contributed by atoms with E-state index in [2.05, 4.69) is 21.9 Å². The Labute approximate surface area is 143 Å². The molecule has 1 aliphatic heterocycles.